The highest BCUT2D eigenvalue weighted by Gasteiger charge is 2.21. The summed E-state index contributed by atoms with van der Waals surface area (Å²) in [5, 5.41) is 0. The van der Waals surface area contributed by atoms with E-state index in [9.17, 15) is 13.2 Å². The number of carbonyl (C=O) groups excluding carboxylic acids is 1. The minimum Gasteiger partial charge on any atom is -0.497 e. The molecule has 1 amide bonds. The summed E-state index contributed by atoms with van der Waals surface area (Å²) in [6, 6.07) is 11.4. The quantitative estimate of drug-likeness (QED) is 0.873. The van der Waals surface area contributed by atoms with E-state index in [2.05, 4.69) is 4.72 Å². The fourth-order valence-electron chi connectivity index (χ4n) is 3.08. The zero-order chi connectivity index (χ0) is 18.7. The Kier molecular flexibility index (Phi) is 5.18. The second-order valence-electron chi connectivity index (χ2n) is 6.32. The SMILES string of the molecule is COc1ccc(S(=O)(=O)Nc2cccc(C(=O)N3CCCC3)c2)c(C)c1. The van der Waals surface area contributed by atoms with Crippen LogP contribution in [0.1, 0.15) is 28.8 Å². The highest BCUT2D eigenvalue weighted by molar-refractivity contribution is 7.92. The Morgan fingerprint density at radius 2 is 1.85 bits per heavy atom. The Morgan fingerprint density at radius 3 is 2.50 bits per heavy atom. The second kappa shape index (κ2) is 7.37. The van der Waals surface area contributed by atoms with E-state index in [4.69, 9.17) is 4.74 Å². The number of amides is 1. The summed E-state index contributed by atoms with van der Waals surface area (Å²) >= 11 is 0. The highest BCUT2D eigenvalue weighted by atomic mass is 32.2. The van der Waals surface area contributed by atoms with Crippen LogP contribution in [0.2, 0.25) is 0 Å². The van der Waals surface area contributed by atoms with Crippen LogP contribution in [-0.2, 0) is 10.0 Å². The third-order valence-electron chi connectivity index (χ3n) is 4.43. The Morgan fingerprint density at radius 1 is 1.12 bits per heavy atom. The summed E-state index contributed by atoms with van der Waals surface area (Å²) in [6.07, 6.45) is 2.02. The zero-order valence-corrected chi connectivity index (χ0v) is 15.7. The minimum atomic E-state index is -3.76. The molecule has 0 unspecified atom stereocenters. The summed E-state index contributed by atoms with van der Waals surface area (Å²) in [7, 11) is -2.23. The number of ether oxygens (including phenoxy) is 1. The molecule has 138 valence electrons. The molecule has 0 atom stereocenters. The maximum Gasteiger partial charge on any atom is 0.262 e. The number of methoxy groups -OCH3 is 1. The molecule has 7 heteroatoms. The third-order valence-corrected chi connectivity index (χ3v) is 5.97. The van der Waals surface area contributed by atoms with Gasteiger partial charge < -0.3 is 9.64 Å². The first-order valence-corrected chi connectivity index (χ1v) is 9.96. The van der Waals surface area contributed by atoms with Crippen molar-refractivity contribution >= 4 is 21.6 Å². The van der Waals surface area contributed by atoms with Crippen molar-refractivity contribution in [1.82, 2.24) is 4.90 Å². The molecular weight excluding hydrogens is 352 g/mol. The molecule has 0 radical (unpaired) electrons. The summed E-state index contributed by atoms with van der Waals surface area (Å²) in [5.41, 5.74) is 1.44. The van der Waals surface area contributed by atoms with Gasteiger partial charge in [-0.2, -0.15) is 0 Å². The van der Waals surface area contributed by atoms with E-state index in [0.717, 1.165) is 25.9 Å². The molecule has 0 spiro atoms. The average molecular weight is 374 g/mol. The molecule has 0 aromatic heterocycles. The zero-order valence-electron chi connectivity index (χ0n) is 14.9. The molecule has 3 rings (SSSR count). The van der Waals surface area contributed by atoms with E-state index in [-0.39, 0.29) is 10.8 Å². The topological polar surface area (TPSA) is 75.7 Å². The van der Waals surface area contributed by atoms with Crippen LogP contribution in [0.3, 0.4) is 0 Å². The molecule has 0 aliphatic carbocycles. The Labute approximate surface area is 153 Å². The Balaban J connectivity index is 1.84. The molecule has 6 nitrogen and oxygen atoms in total. The van der Waals surface area contributed by atoms with Gasteiger partial charge in [-0.1, -0.05) is 6.07 Å². The fraction of sp³-hybridized carbons (Fsp3) is 0.316. The van der Waals surface area contributed by atoms with Crippen molar-refractivity contribution in [3.63, 3.8) is 0 Å². The van der Waals surface area contributed by atoms with Crippen LogP contribution in [0.15, 0.2) is 47.4 Å². The van der Waals surface area contributed by atoms with Crippen molar-refractivity contribution in [1.29, 1.82) is 0 Å². The third kappa shape index (κ3) is 3.83. The predicted molar refractivity (Wildman–Crippen MR) is 100 cm³/mol. The van der Waals surface area contributed by atoms with Crippen LogP contribution in [0, 0.1) is 6.92 Å². The number of sulfonamides is 1. The fourth-order valence-corrected chi connectivity index (χ4v) is 4.36. The van der Waals surface area contributed by atoms with Crippen LogP contribution in [0.25, 0.3) is 0 Å². The van der Waals surface area contributed by atoms with Crippen LogP contribution in [-0.4, -0.2) is 39.4 Å². The molecule has 2 aromatic carbocycles. The van der Waals surface area contributed by atoms with Gasteiger partial charge in [-0.25, -0.2) is 8.42 Å². The Bertz CT molecular complexity index is 919. The van der Waals surface area contributed by atoms with Crippen molar-refractivity contribution in [2.75, 3.05) is 24.9 Å². The number of nitrogens with one attached hydrogen (secondary N) is 1. The molecular formula is C19H22N2O4S. The molecule has 1 fully saturated rings. The summed E-state index contributed by atoms with van der Waals surface area (Å²) in [5.74, 6) is 0.531. The number of rotatable bonds is 5. The average Bonchev–Trinajstić information content (AvgIpc) is 3.15. The first-order chi connectivity index (χ1) is 12.4. The van der Waals surface area contributed by atoms with Gasteiger partial charge in [0.05, 0.1) is 12.0 Å². The molecule has 26 heavy (non-hydrogen) atoms. The van der Waals surface area contributed by atoms with E-state index in [1.807, 2.05) is 0 Å². The Hall–Kier alpha value is -2.54. The standard InChI is InChI=1S/C19H22N2O4S/c1-14-12-17(25-2)8-9-18(14)26(23,24)20-16-7-5-6-15(13-16)19(22)21-10-3-4-11-21/h5-9,12-13,20H,3-4,10-11H2,1-2H3. The van der Waals surface area contributed by atoms with Gasteiger partial charge >= 0.3 is 0 Å². The van der Waals surface area contributed by atoms with Crippen molar-refractivity contribution in [3.05, 3.63) is 53.6 Å². The lowest BCUT2D eigenvalue weighted by atomic mass is 10.2. The molecule has 1 saturated heterocycles. The summed E-state index contributed by atoms with van der Waals surface area (Å²) < 4.78 is 33.1. The number of carbonyl (C=O) groups is 1. The summed E-state index contributed by atoms with van der Waals surface area (Å²) in [6.45, 7) is 3.21. The molecule has 1 heterocycles. The van der Waals surface area contributed by atoms with E-state index >= 15 is 0 Å². The van der Waals surface area contributed by atoms with Gasteiger partial charge in [0.25, 0.3) is 15.9 Å². The second-order valence-corrected chi connectivity index (χ2v) is 7.97. The maximum absolute atomic E-state index is 12.7. The molecule has 1 aliphatic heterocycles. The molecule has 2 aromatic rings. The van der Waals surface area contributed by atoms with Crippen LogP contribution in [0.4, 0.5) is 5.69 Å². The van der Waals surface area contributed by atoms with Gasteiger partial charge in [-0.15, -0.1) is 0 Å². The van der Waals surface area contributed by atoms with E-state index in [1.54, 1.807) is 48.2 Å². The normalized spacial score (nSPS) is 14.3. The van der Waals surface area contributed by atoms with E-state index in [0.29, 0.717) is 22.6 Å². The van der Waals surface area contributed by atoms with Crippen molar-refractivity contribution in [2.45, 2.75) is 24.7 Å². The number of benzene rings is 2. The lowest BCUT2D eigenvalue weighted by Crippen LogP contribution is -2.27. The van der Waals surface area contributed by atoms with E-state index in [1.165, 1.54) is 13.2 Å². The summed E-state index contributed by atoms with van der Waals surface area (Å²) in [4.78, 5) is 14.5. The lowest BCUT2D eigenvalue weighted by molar-refractivity contribution is 0.0793. The minimum absolute atomic E-state index is 0.0656. The smallest absolute Gasteiger partial charge is 0.262 e. The predicted octanol–water partition coefficient (Wildman–Crippen LogP) is 3.04. The van der Waals surface area contributed by atoms with Crippen molar-refractivity contribution < 1.29 is 17.9 Å². The monoisotopic (exact) mass is 374 g/mol. The van der Waals surface area contributed by atoms with Gasteiger partial charge in [0, 0.05) is 24.3 Å². The van der Waals surface area contributed by atoms with Crippen LogP contribution in [0.5, 0.6) is 5.75 Å². The van der Waals surface area contributed by atoms with Gasteiger partial charge in [-0.05, 0) is 61.7 Å². The maximum atomic E-state index is 12.7. The highest BCUT2D eigenvalue weighted by Crippen LogP contribution is 2.24. The molecule has 0 saturated carbocycles. The van der Waals surface area contributed by atoms with Crippen LogP contribution >= 0.6 is 0 Å². The van der Waals surface area contributed by atoms with Crippen molar-refractivity contribution in [2.24, 2.45) is 0 Å². The van der Waals surface area contributed by atoms with Crippen LogP contribution < -0.4 is 9.46 Å². The number of aryl methyl sites for hydroxylation is 1. The van der Waals surface area contributed by atoms with Gasteiger partial charge in [0.2, 0.25) is 0 Å². The number of anilines is 1. The molecule has 0 bridgehead atoms. The lowest BCUT2D eigenvalue weighted by Gasteiger charge is -2.16. The van der Waals surface area contributed by atoms with Gasteiger partial charge in [-0.3, -0.25) is 9.52 Å². The van der Waals surface area contributed by atoms with Gasteiger partial charge in [0.1, 0.15) is 5.75 Å². The number of hydrogen-bond acceptors (Lipinski definition) is 4. The molecule has 1 aliphatic rings. The number of hydrogen-bond donors (Lipinski definition) is 1. The van der Waals surface area contributed by atoms with E-state index < -0.39 is 10.0 Å². The van der Waals surface area contributed by atoms with Crippen molar-refractivity contribution in [3.8, 4) is 5.75 Å². The first kappa shape index (κ1) is 18.3. The van der Waals surface area contributed by atoms with Gasteiger partial charge in [0.15, 0.2) is 0 Å². The number of likely N-dealkylation sites (tertiary alicyclic amines) is 1. The number of nitrogens with zero attached hydrogens (tertiary/aromatic N) is 1. The largest absolute Gasteiger partial charge is 0.497 e. The first-order valence-electron chi connectivity index (χ1n) is 8.47. The molecule has 1 N–H and O–H groups in total.